The second kappa shape index (κ2) is 8.27. The largest absolute Gasteiger partial charge is 0.335 e. The summed E-state index contributed by atoms with van der Waals surface area (Å²) >= 11 is 0. The van der Waals surface area contributed by atoms with Crippen molar-refractivity contribution in [2.24, 2.45) is 0 Å². The van der Waals surface area contributed by atoms with E-state index in [1.54, 1.807) is 0 Å². The summed E-state index contributed by atoms with van der Waals surface area (Å²) in [5.74, 6) is -0.0925. The first-order valence-electron chi connectivity index (χ1n) is 9.22. The first-order chi connectivity index (χ1) is 12.6. The van der Waals surface area contributed by atoms with Crippen molar-refractivity contribution in [3.05, 3.63) is 63.6 Å². The summed E-state index contributed by atoms with van der Waals surface area (Å²) in [6.07, 6.45) is 0.808. The van der Waals surface area contributed by atoms with Crippen LogP contribution in [0.1, 0.15) is 35.0 Å². The molecule has 1 saturated heterocycles. The minimum atomic E-state index is -0.161. The van der Waals surface area contributed by atoms with Gasteiger partial charge in [-0.2, -0.15) is 5.10 Å². The van der Waals surface area contributed by atoms with Crippen molar-refractivity contribution < 1.29 is 4.79 Å². The topological polar surface area (TPSA) is 58.4 Å². The molecule has 1 aromatic heterocycles. The summed E-state index contributed by atoms with van der Waals surface area (Å²) in [5.41, 5.74) is 2.76. The lowest BCUT2D eigenvalue weighted by Gasteiger charge is -2.34. The minimum Gasteiger partial charge on any atom is -0.335 e. The quantitative estimate of drug-likeness (QED) is 0.823. The number of aromatic nitrogens is 2. The molecule has 0 radical (unpaired) electrons. The SMILES string of the molecule is CCCn1nc(C(=O)N2CCN(Cc3cccc(C)c3)CC2)ccc1=O. The van der Waals surface area contributed by atoms with Crippen LogP contribution in [0.3, 0.4) is 0 Å². The molecular formula is C20H26N4O2. The molecule has 1 fully saturated rings. The Morgan fingerprint density at radius 3 is 2.58 bits per heavy atom. The molecule has 138 valence electrons. The molecule has 1 amide bonds. The average molecular weight is 354 g/mol. The van der Waals surface area contributed by atoms with E-state index in [1.807, 2.05) is 11.8 Å². The fourth-order valence-corrected chi connectivity index (χ4v) is 3.27. The molecule has 2 aromatic rings. The van der Waals surface area contributed by atoms with Crippen LogP contribution in [0.2, 0.25) is 0 Å². The summed E-state index contributed by atoms with van der Waals surface area (Å²) in [6, 6.07) is 11.5. The van der Waals surface area contributed by atoms with Gasteiger partial charge in [-0.3, -0.25) is 14.5 Å². The van der Waals surface area contributed by atoms with Gasteiger partial charge < -0.3 is 4.90 Å². The third kappa shape index (κ3) is 4.38. The molecule has 6 heteroatoms. The molecule has 0 N–H and O–H groups in total. The van der Waals surface area contributed by atoms with Crippen LogP contribution in [0.5, 0.6) is 0 Å². The first kappa shape index (κ1) is 18.3. The third-order valence-corrected chi connectivity index (χ3v) is 4.67. The monoisotopic (exact) mass is 354 g/mol. The highest BCUT2D eigenvalue weighted by molar-refractivity contribution is 5.92. The van der Waals surface area contributed by atoms with E-state index < -0.39 is 0 Å². The number of hydrogen-bond donors (Lipinski definition) is 0. The van der Waals surface area contributed by atoms with Gasteiger partial charge in [-0.25, -0.2) is 4.68 Å². The second-order valence-electron chi connectivity index (χ2n) is 6.84. The number of carbonyl (C=O) groups is 1. The molecule has 0 unspecified atom stereocenters. The van der Waals surface area contributed by atoms with Crippen molar-refractivity contribution in [1.29, 1.82) is 0 Å². The van der Waals surface area contributed by atoms with E-state index in [2.05, 4.69) is 41.2 Å². The standard InChI is InChI=1S/C20H26N4O2/c1-3-9-24-19(25)8-7-18(21-24)20(26)23-12-10-22(11-13-23)15-17-6-4-5-16(2)14-17/h4-8,14H,3,9-13,15H2,1-2H3. The predicted molar refractivity (Wildman–Crippen MR) is 101 cm³/mol. The molecule has 0 spiro atoms. The van der Waals surface area contributed by atoms with Crippen LogP contribution >= 0.6 is 0 Å². The van der Waals surface area contributed by atoms with Crippen molar-refractivity contribution in [2.75, 3.05) is 26.2 Å². The Balaban J connectivity index is 1.60. The van der Waals surface area contributed by atoms with Gasteiger partial charge in [0, 0.05) is 45.3 Å². The summed E-state index contributed by atoms with van der Waals surface area (Å²) in [6.45, 7) is 8.57. The molecule has 0 atom stereocenters. The highest BCUT2D eigenvalue weighted by atomic mass is 16.2. The number of carbonyl (C=O) groups excluding carboxylic acids is 1. The molecule has 0 aliphatic carbocycles. The first-order valence-corrected chi connectivity index (χ1v) is 9.22. The lowest BCUT2D eigenvalue weighted by molar-refractivity contribution is 0.0620. The fraction of sp³-hybridized carbons (Fsp3) is 0.450. The zero-order valence-corrected chi connectivity index (χ0v) is 15.5. The van der Waals surface area contributed by atoms with E-state index in [0.29, 0.717) is 25.3 Å². The Labute approximate surface area is 154 Å². The average Bonchev–Trinajstić information content (AvgIpc) is 2.64. The number of rotatable bonds is 5. The van der Waals surface area contributed by atoms with Gasteiger partial charge in [0.1, 0.15) is 5.69 Å². The van der Waals surface area contributed by atoms with E-state index in [9.17, 15) is 9.59 Å². The van der Waals surface area contributed by atoms with Crippen molar-refractivity contribution in [2.45, 2.75) is 33.4 Å². The van der Waals surface area contributed by atoms with Crippen LogP contribution in [0, 0.1) is 6.92 Å². The lowest BCUT2D eigenvalue weighted by atomic mass is 10.1. The summed E-state index contributed by atoms with van der Waals surface area (Å²) < 4.78 is 1.38. The molecule has 0 bridgehead atoms. The number of amides is 1. The van der Waals surface area contributed by atoms with Crippen molar-refractivity contribution in [1.82, 2.24) is 19.6 Å². The second-order valence-corrected chi connectivity index (χ2v) is 6.84. The maximum Gasteiger partial charge on any atom is 0.274 e. The van der Waals surface area contributed by atoms with E-state index in [-0.39, 0.29) is 11.5 Å². The molecule has 3 rings (SSSR count). The van der Waals surface area contributed by atoms with Crippen molar-refractivity contribution in [3.8, 4) is 0 Å². The van der Waals surface area contributed by atoms with Gasteiger partial charge in [-0.05, 0) is 25.0 Å². The highest BCUT2D eigenvalue weighted by Crippen LogP contribution is 2.11. The van der Waals surface area contributed by atoms with E-state index >= 15 is 0 Å². The Kier molecular flexibility index (Phi) is 5.83. The summed E-state index contributed by atoms with van der Waals surface area (Å²) in [7, 11) is 0. The molecule has 26 heavy (non-hydrogen) atoms. The molecule has 6 nitrogen and oxygen atoms in total. The number of aryl methyl sites for hydroxylation is 2. The summed E-state index contributed by atoms with van der Waals surface area (Å²) in [5, 5.41) is 4.23. The van der Waals surface area contributed by atoms with Gasteiger partial charge in [0.25, 0.3) is 11.5 Å². The fourth-order valence-electron chi connectivity index (χ4n) is 3.27. The van der Waals surface area contributed by atoms with Gasteiger partial charge in [0.15, 0.2) is 0 Å². The van der Waals surface area contributed by atoms with Crippen LogP contribution in [-0.2, 0) is 13.1 Å². The zero-order valence-electron chi connectivity index (χ0n) is 15.5. The van der Waals surface area contributed by atoms with Gasteiger partial charge in [-0.15, -0.1) is 0 Å². The maximum atomic E-state index is 12.7. The predicted octanol–water partition coefficient (Wildman–Crippen LogP) is 1.92. The number of piperazine rings is 1. The molecule has 2 heterocycles. The van der Waals surface area contributed by atoms with Gasteiger partial charge >= 0.3 is 0 Å². The van der Waals surface area contributed by atoms with E-state index in [1.165, 1.54) is 27.9 Å². The molecule has 0 saturated carbocycles. The lowest BCUT2D eigenvalue weighted by Crippen LogP contribution is -2.48. The van der Waals surface area contributed by atoms with Crippen LogP contribution in [-0.4, -0.2) is 51.7 Å². The van der Waals surface area contributed by atoms with Gasteiger partial charge in [-0.1, -0.05) is 36.8 Å². The van der Waals surface area contributed by atoms with Crippen LogP contribution in [0.15, 0.2) is 41.2 Å². The Hall–Kier alpha value is -2.47. The normalized spacial score (nSPS) is 15.2. The number of hydrogen-bond acceptors (Lipinski definition) is 4. The Morgan fingerprint density at radius 1 is 1.12 bits per heavy atom. The number of nitrogens with zero attached hydrogens (tertiary/aromatic N) is 4. The van der Waals surface area contributed by atoms with Gasteiger partial charge in [0.2, 0.25) is 0 Å². The van der Waals surface area contributed by atoms with Crippen LogP contribution in [0.25, 0.3) is 0 Å². The smallest absolute Gasteiger partial charge is 0.274 e. The van der Waals surface area contributed by atoms with Crippen molar-refractivity contribution in [3.63, 3.8) is 0 Å². The third-order valence-electron chi connectivity index (χ3n) is 4.67. The maximum absolute atomic E-state index is 12.7. The molecule has 1 aliphatic heterocycles. The van der Waals surface area contributed by atoms with Crippen molar-refractivity contribution >= 4 is 5.91 Å². The molecule has 1 aromatic carbocycles. The summed E-state index contributed by atoms with van der Waals surface area (Å²) in [4.78, 5) is 28.7. The minimum absolute atomic E-state index is 0.0925. The zero-order chi connectivity index (χ0) is 18.5. The Morgan fingerprint density at radius 2 is 1.88 bits per heavy atom. The van der Waals surface area contributed by atoms with Crippen LogP contribution in [0.4, 0.5) is 0 Å². The van der Waals surface area contributed by atoms with Crippen LogP contribution < -0.4 is 5.56 Å². The van der Waals surface area contributed by atoms with Gasteiger partial charge in [0.05, 0.1) is 0 Å². The highest BCUT2D eigenvalue weighted by Gasteiger charge is 2.23. The molecular weight excluding hydrogens is 328 g/mol. The molecule has 1 aliphatic rings. The Bertz CT molecular complexity index is 823. The van der Waals surface area contributed by atoms with E-state index in [0.717, 1.165) is 26.1 Å². The van der Waals surface area contributed by atoms with E-state index in [4.69, 9.17) is 0 Å². The number of benzene rings is 1.